The maximum atomic E-state index is 12.2. The molecule has 1 atom stereocenters. The molecule has 1 fully saturated rings. The van der Waals surface area contributed by atoms with Gasteiger partial charge in [0.15, 0.2) is 0 Å². The van der Waals surface area contributed by atoms with Gasteiger partial charge in [0.05, 0.1) is 5.25 Å². The van der Waals surface area contributed by atoms with Gasteiger partial charge in [-0.15, -0.1) is 0 Å². The van der Waals surface area contributed by atoms with Gasteiger partial charge < -0.3 is 10.6 Å². The maximum Gasteiger partial charge on any atom is 0.245 e. The standard InChI is InChI=1S/C15H28N2O2S/c1-11(20-4)13(18)17-15(2,3)14(19)16-10-12-8-6-5-7-9-12/h11-12H,5-10H2,1-4H3,(H,16,19)(H,17,18). The second-order valence-corrected chi connectivity index (χ2v) is 7.38. The van der Waals surface area contributed by atoms with Gasteiger partial charge in [-0.2, -0.15) is 11.8 Å². The molecule has 0 aliphatic heterocycles. The first-order valence-electron chi connectivity index (χ1n) is 7.50. The minimum Gasteiger partial charge on any atom is -0.354 e. The third-order valence-corrected chi connectivity index (χ3v) is 4.92. The quantitative estimate of drug-likeness (QED) is 0.791. The first-order chi connectivity index (χ1) is 9.36. The Kier molecular flexibility index (Phi) is 6.86. The summed E-state index contributed by atoms with van der Waals surface area (Å²) >= 11 is 1.48. The van der Waals surface area contributed by atoms with Gasteiger partial charge >= 0.3 is 0 Å². The van der Waals surface area contributed by atoms with Crippen LogP contribution in [0.15, 0.2) is 0 Å². The average Bonchev–Trinajstić information content (AvgIpc) is 2.44. The van der Waals surface area contributed by atoms with Gasteiger partial charge in [0.1, 0.15) is 5.54 Å². The summed E-state index contributed by atoms with van der Waals surface area (Å²) in [7, 11) is 0. The molecular formula is C15H28N2O2S. The van der Waals surface area contributed by atoms with Crippen LogP contribution in [0.5, 0.6) is 0 Å². The van der Waals surface area contributed by atoms with Crippen LogP contribution in [0.2, 0.25) is 0 Å². The van der Waals surface area contributed by atoms with E-state index in [2.05, 4.69) is 10.6 Å². The summed E-state index contributed by atoms with van der Waals surface area (Å²) in [6, 6.07) is 0. The number of hydrogen-bond donors (Lipinski definition) is 2. The highest BCUT2D eigenvalue weighted by Gasteiger charge is 2.31. The highest BCUT2D eigenvalue weighted by atomic mass is 32.2. The topological polar surface area (TPSA) is 58.2 Å². The molecule has 1 aliphatic carbocycles. The van der Waals surface area contributed by atoms with Gasteiger partial charge in [-0.25, -0.2) is 0 Å². The predicted octanol–water partition coefficient (Wildman–Crippen LogP) is 2.33. The van der Waals surface area contributed by atoms with E-state index in [1.165, 1.54) is 43.9 Å². The van der Waals surface area contributed by atoms with Gasteiger partial charge in [-0.05, 0) is 45.8 Å². The Balaban J connectivity index is 2.41. The van der Waals surface area contributed by atoms with Crippen LogP contribution in [0.3, 0.4) is 0 Å². The molecule has 0 aromatic carbocycles. The normalized spacial score (nSPS) is 18.4. The zero-order valence-electron chi connectivity index (χ0n) is 13.1. The molecule has 0 saturated heterocycles. The van der Waals surface area contributed by atoms with Crippen molar-refractivity contribution in [3.8, 4) is 0 Å². The van der Waals surface area contributed by atoms with Crippen molar-refractivity contribution >= 4 is 23.6 Å². The molecule has 116 valence electrons. The van der Waals surface area contributed by atoms with Crippen molar-refractivity contribution in [2.24, 2.45) is 5.92 Å². The van der Waals surface area contributed by atoms with Gasteiger partial charge in [0.25, 0.3) is 0 Å². The number of rotatable bonds is 6. The van der Waals surface area contributed by atoms with E-state index in [4.69, 9.17) is 0 Å². The summed E-state index contributed by atoms with van der Waals surface area (Å²) in [4.78, 5) is 24.1. The number of amides is 2. The number of carbonyl (C=O) groups excluding carboxylic acids is 2. The molecule has 0 aromatic heterocycles. The van der Waals surface area contributed by atoms with E-state index in [1.54, 1.807) is 13.8 Å². The van der Waals surface area contributed by atoms with Crippen LogP contribution in [0, 0.1) is 5.92 Å². The van der Waals surface area contributed by atoms with Crippen molar-refractivity contribution in [3.63, 3.8) is 0 Å². The van der Waals surface area contributed by atoms with Gasteiger partial charge in [0, 0.05) is 6.54 Å². The third kappa shape index (κ3) is 5.35. The molecule has 0 heterocycles. The number of carbonyl (C=O) groups is 2. The minimum absolute atomic E-state index is 0.0877. The molecule has 0 radical (unpaired) electrons. The van der Waals surface area contributed by atoms with Gasteiger partial charge in [0.2, 0.25) is 11.8 Å². The third-order valence-electron chi connectivity index (χ3n) is 4.00. The second kappa shape index (κ2) is 7.91. The van der Waals surface area contributed by atoms with Crippen LogP contribution in [0.4, 0.5) is 0 Å². The summed E-state index contributed by atoms with van der Waals surface area (Å²) in [5, 5.41) is 5.68. The lowest BCUT2D eigenvalue weighted by molar-refractivity contribution is -0.132. The highest BCUT2D eigenvalue weighted by Crippen LogP contribution is 2.22. The van der Waals surface area contributed by atoms with Gasteiger partial charge in [-0.3, -0.25) is 9.59 Å². The number of nitrogens with one attached hydrogen (secondary N) is 2. The number of hydrogen-bond acceptors (Lipinski definition) is 3. The molecule has 0 spiro atoms. The van der Waals surface area contributed by atoms with Crippen LogP contribution in [-0.4, -0.2) is 35.4 Å². The van der Waals surface area contributed by atoms with Crippen LogP contribution in [-0.2, 0) is 9.59 Å². The van der Waals surface area contributed by atoms with E-state index in [1.807, 2.05) is 13.2 Å². The fourth-order valence-corrected chi connectivity index (χ4v) is 2.70. The van der Waals surface area contributed by atoms with Crippen LogP contribution < -0.4 is 10.6 Å². The molecular weight excluding hydrogens is 272 g/mol. The predicted molar refractivity (Wildman–Crippen MR) is 84.8 cm³/mol. The lowest BCUT2D eigenvalue weighted by Crippen LogP contribution is -2.56. The summed E-state index contributed by atoms with van der Waals surface area (Å²) in [6.45, 7) is 6.09. The van der Waals surface area contributed by atoms with E-state index in [-0.39, 0.29) is 17.1 Å². The maximum absolute atomic E-state index is 12.2. The molecule has 2 N–H and O–H groups in total. The van der Waals surface area contributed by atoms with Crippen molar-refractivity contribution in [2.45, 2.75) is 63.7 Å². The zero-order valence-corrected chi connectivity index (χ0v) is 13.9. The Hall–Kier alpha value is -0.710. The second-order valence-electron chi connectivity index (χ2n) is 6.21. The Bertz CT molecular complexity index is 339. The highest BCUT2D eigenvalue weighted by molar-refractivity contribution is 7.99. The fourth-order valence-electron chi connectivity index (χ4n) is 2.42. The van der Waals surface area contributed by atoms with Crippen molar-refractivity contribution in [1.82, 2.24) is 10.6 Å². The van der Waals surface area contributed by atoms with E-state index in [0.717, 1.165) is 6.54 Å². The minimum atomic E-state index is -0.851. The number of thioether (sulfide) groups is 1. The van der Waals surface area contributed by atoms with E-state index >= 15 is 0 Å². The molecule has 5 heteroatoms. The molecule has 0 bridgehead atoms. The Labute approximate surface area is 126 Å². The SMILES string of the molecule is CSC(C)C(=O)NC(C)(C)C(=O)NCC1CCCCC1. The van der Waals surface area contributed by atoms with E-state index in [0.29, 0.717) is 5.92 Å². The largest absolute Gasteiger partial charge is 0.354 e. The lowest BCUT2D eigenvalue weighted by atomic mass is 9.89. The van der Waals surface area contributed by atoms with Crippen LogP contribution in [0.1, 0.15) is 52.9 Å². The molecule has 0 aromatic rings. The van der Waals surface area contributed by atoms with Crippen molar-refractivity contribution < 1.29 is 9.59 Å². The Morgan fingerprint density at radius 2 is 1.85 bits per heavy atom. The molecule has 1 unspecified atom stereocenters. The molecule has 1 rings (SSSR count). The Morgan fingerprint density at radius 3 is 2.40 bits per heavy atom. The first-order valence-corrected chi connectivity index (χ1v) is 8.78. The molecule has 20 heavy (non-hydrogen) atoms. The van der Waals surface area contributed by atoms with Gasteiger partial charge in [-0.1, -0.05) is 19.3 Å². The lowest BCUT2D eigenvalue weighted by Gasteiger charge is -2.28. The molecule has 2 amide bonds. The summed E-state index contributed by atoms with van der Waals surface area (Å²) in [6.07, 6.45) is 8.16. The van der Waals surface area contributed by atoms with Crippen molar-refractivity contribution in [3.05, 3.63) is 0 Å². The van der Waals surface area contributed by atoms with Crippen LogP contribution >= 0.6 is 11.8 Å². The molecule has 1 aliphatic rings. The Morgan fingerprint density at radius 1 is 1.25 bits per heavy atom. The first kappa shape index (κ1) is 17.3. The summed E-state index contributed by atoms with van der Waals surface area (Å²) in [5.41, 5.74) is -0.851. The smallest absolute Gasteiger partial charge is 0.245 e. The monoisotopic (exact) mass is 300 g/mol. The summed E-state index contributed by atoms with van der Waals surface area (Å²) < 4.78 is 0. The zero-order chi connectivity index (χ0) is 15.2. The fraction of sp³-hybridized carbons (Fsp3) is 0.867. The van der Waals surface area contributed by atoms with Crippen molar-refractivity contribution in [2.75, 3.05) is 12.8 Å². The van der Waals surface area contributed by atoms with E-state index < -0.39 is 5.54 Å². The summed E-state index contributed by atoms with van der Waals surface area (Å²) in [5.74, 6) is 0.421. The molecule has 1 saturated carbocycles. The molecule has 4 nitrogen and oxygen atoms in total. The van der Waals surface area contributed by atoms with Crippen molar-refractivity contribution in [1.29, 1.82) is 0 Å². The van der Waals surface area contributed by atoms with Crippen LogP contribution in [0.25, 0.3) is 0 Å². The van der Waals surface area contributed by atoms with E-state index in [9.17, 15) is 9.59 Å². The average molecular weight is 300 g/mol.